The van der Waals surface area contributed by atoms with Gasteiger partial charge in [-0.15, -0.1) is 0 Å². The summed E-state index contributed by atoms with van der Waals surface area (Å²) in [5.41, 5.74) is 3.24. The number of aliphatic hydroxyl groups is 1. The monoisotopic (exact) mass is 553 g/mol. The number of hydrogen-bond donors (Lipinski definition) is 2. The molecule has 3 aliphatic rings. The number of allylic oxidation sites excluding steroid dienone is 1. The zero-order chi connectivity index (χ0) is 28.2. The summed E-state index contributed by atoms with van der Waals surface area (Å²) in [5, 5.41) is 12.3. The predicted molar refractivity (Wildman–Crippen MR) is 154 cm³/mol. The molecule has 0 saturated carbocycles. The van der Waals surface area contributed by atoms with Crippen LogP contribution in [0.25, 0.3) is 0 Å². The number of piperidine rings is 1. The molecule has 0 aliphatic carbocycles. The quantitative estimate of drug-likeness (QED) is 0.459. The summed E-state index contributed by atoms with van der Waals surface area (Å²) in [6.07, 6.45) is 2.99. The predicted octanol–water partition coefficient (Wildman–Crippen LogP) is 4.06. The van der Waals surface area contributed by atoms with Crippen LogP contribution in [0.5, 0.6) is 0 Å². The summed E-state index contributed by atoms with van der Waals surface area (Å²) in [5.74, 6) is 0.103. The minimum atomic E-state index is -0.663. The minimum Gasteiger partial charge on any atom is -0.459 e. The lowest BCUT2D eigenvalue weighted by molar-refractivity contribution is -0.157. The number of para-hydroxylation sites is 1. The molecule has 0 aromatic heterocycles. The highest BCUT2D eigenvalue weighted by atomic mass is 16.7. The summed E-state index contributed by atoms with van der Waals surface area (Å²) in [4.78, 5) is 30.8. The van der Waals surface area contributed by atoms with Crippen molar-refractivity contribution in [3.8, 4) is 0 Å². The van der Waals surface area contributed by atoms with Crippen LogP contribution in [0.4, 0.5) is 5.69 Å². The third-order valence-electron chi connectivity index (χ3n) is 8.42. The van der Waals surface area contributed by atoms with Crippen LogP contribution in [0, 0.1) is 0 Å². The van der Waals surface area contributed by atoms with Crippen LogP contribution in [-0.2, 0) is 32.3 Å². The first-order chi connectivity index (χ1) is 20.1. The SMILES string of the molecule is O=C(C1=C[C@H](c2ccccc2)C[C@H](OCc2ccc(CO)cc2)O1)N1CCC2(CC1)C(=O)NCN2c1ccccc1. The zero-order valence-corrected chi connectivity index (χ0v) is 22.9. The number of aliphatic hydroxyl groups excluding tert-OH is 1. The highest BCUT2D eigenvalue weighted by molar-refractivity contribution is 5.95. The Kier molecular flexibility index (Phi) is 7.76. The topological polar surface area (TPSA) is 91.3 Å². The number of carbonyl (C=O) groups excluding carboxylic acids is 2. The number of ether oxygens (including phenoxy) is 2. The number of nitrogens with zero attached hydrogens (tertiary/aromatic N) is 2. The lowest BCUT2D eigenvalue weighted by Gasteiger charge is -2.43. The third-order valence-corrected chi connectivity index (χ3v) is 8.42. The Morgan fingerprint density at radius 1 is 0.951 bits per heavy atom. The van der Waals surface area contributed by atoms with Gasteiger partial charge in [0.1, 0.15) is 5.54 Å². The zero-order valence-electron chi connectivity index (χ0n) is 22.9. The van der Waals surface area contributed by atoms with Gasteiger partial charge in [-0.05, 0) is 47.7 Å². The van der Waals surface area contributed by atoms with Crippen molar-refractivity contribution in [2.24, 2.45) is 0 Å². The van der Waals surface area contributed by atoms with Crippen molar-refractivity contribution >= 4 is 17.5 Å². The van der Waals surface area contributed by atoms with Crippen molar-refractivity contribution in [1.29, 1.82) is 0 Å². The van der Waals surface area contributed by atoms with Crippen LogP contribution in [0.1, 0.15) is 41.9 Å². The second-order valence-corrected chi connectivity index (χ2v) is 10.9. The van der Waals surface area contributed by atoms with E-state index in [2.05, 4.69) is 22.3 Å². The maximum atomic E-state index is 13.8. The molecule has 0 radical (unpaired) electrons. The fraction of sp³-hybridized carbons (Fsp3) is 0.333. The third kappa shape index (κ3) is 5.58. The lowest BCUT2D eigenvalue weighted by atomic mass is 9.85. The average Bonchev–Trinajstić information content (AvgIpc) is 3.35. The average molecular weight is 554 g/mol. The van der Waals surface area contributed by atoms with E-state index in [0.717, 1.165) is 22.4 Å². The number of benzene rings is 3. The molecule has 8 nitrogen and oxygen atoms in total. The molecule has 3 heterocycles. The van der Waals surface area contributed by atoms with Gasteiger partial charge in [-0.2, -0.15) is 0 Å². The van der Waals surface area contributed by atoms with Crippen LogP contribution in [0.2, 0.25) is 0 Å². The molecule has 6 rings (SSSR count). The standard InChI is InChI=1S/C33H35N3O5/c37-21-24-11-13-25(14-12-24)22-40-30-20-27(26-7-3-1-4-8-26)19-29(41-30)31(38)35-17-15-33(16-18-35)32(39)34-23-36(33)28-9-5-2-6-10-28/h1-14,19,27,30,37H,15-18,20-23H2,(H,34,39)/t27-,30+/m0/s1. The number of anilines is 1. The second kappa shape index (κ2) is 11.8. The fourth-order valence-electron chi connectivity index (χ4n) is 6.04. The van der Waals surface area contributed by atoms with Crippen molar-refractivity contribution in [3.05, 3.63) is 113 Å². The van der Waals surface area contributed by atoms with E-state index in [1.165, 1.54) is 0 Å². The highest BCUT2D eigenvalue weighted by Crippen LogP contribution is 2.38. The molecule has 0 bridgehead atoms. The van der Waals surface area contributed by atoms with Gasteiger partial charge < -0.3 is 29.7 Å². The lowest BCUT2D eigenvalue weighted by Crippen LogP contribution is -2.57. The Morgan fingerprint density at radius 3 is 2.29 bits per heavy atom. The van der Waals surface area contributed by atoms with Crippen LogP contribution < -0.4 is 10.2 Å². The first kappa shape index (κ1) is 27.1. The van der Waals surface area contributed by atoms with E-state index in [-0.39, 0.29) is 30.1 Å². The Morgan fingerprint density at radius 2 is 1.61 bits per heavy atom. The number of rotatable bonds is 7. The molecule has 1 spiro atoms. The summed E-state index contributed by atoms with van der Waals surface area (Å²) in [6, 6.07) is 27.6. The van der Waals surface area contributed by atoms with E-state index in [4.69, 9.17) is 9.47 Å². The number of likely N-dealkylation sites (tertiary alicyclic amines) is 1. The van der Waals surface area contributed by atoms with E-state index in [0.29, 0.717) is 45.6 Å². The molecule has 2 fully saturated rings. The largest absolute Gasteiger partial charge is 0.459 e. The number of hydrogen-bond acceptors (Lipinski definition) is 6. The molecular formula is C33H35N3O5. The summed E-state index contributed by atoms with van der Waals surface area (Å²) < 4.78 is 12.3. The number of nitrogens with one attached hydrogen (secondary N) is 1. The Labute approximate surface area is 240 Å². The highest BCUT2D eigenvalue weighted by Gasteiger charge is 2.51. The molecular weight excluding hydrogens is 518 g/mol. The van der Waals surface area contributed by atoms with Gasteiger partial charge in [0, 0.05) is 31.1 Å². The molecule has 2 N–H and O–H groups in total. The van der Waals surface area contributed by atoms with Crippen LogP contribution in [0.3, 0.4) is 0 Å². The van der Waals surface area contributed by atoms with Gasteiger partial charge in [0.2, 0.25) is 12.2 Å². The van der Waals surface area contributed by atoms with Gasteiger partial charge in [-0.3, -0.25) is 9.59 Å². The molecule has 3 aliphatic heterocycles. The first-order valence-electron chi connectivity index (χ1n) is 14.2. The minimum absolute atomic E-state index is 0.00548. The summed E-state index contributed by atoms with van der Waals surface area (Å²) in [6.45, 7) is 1.69. The molecule has 2 amide bonds. The van der Waals surface area contributed by atoms with Crippen LogP contribution in [-0.4, -0.2) is 53.4 Å². The molecule has 0 unspecified atom stereocenters. The Balaban J connectivity index is 1.16. The van der Waals surface area contributed by atoms with Crippen LogP contribution in [0.15, 0.2) is 96.8 Å². The van der Waals surface area contributed by atoms with E-state index < -0.39 is 11.8 Å². The maximum Gasteiger partial charge on any atom is 0.288 e. The van der Waals surface area contributed by atoms with E-state index in [1.807, 2.05) is 78.9 Å². The molecule has 3 aromatic rings. The fourth-order valence-corrected chi connectivity index (χ4v) is 6.04. The number of amides is 2. The molecule has 3 aromatic carbocycles. The van der Waals surface area contributed by atoms with Gasteiger partial charge in [0.15, 0.2) is 5.76 Å². The molecule has 2 saturated heterocycles. The van der Waals surface area contributed by atoms with Crippen LogP contribution >= 0.6 is 0 Å². The molecule has 41 heavy (non-hydrogen) atoms. The second-order valence-electron chi connectivity index (χ2n) is 10.9. The number of carbonyl (C=O) groups is 2. The van der Waals surface area contributed by atoms with Gasteiger partial charge in [-0.1, -0.05) is 72.8 Å². The van der Waals surface area contributed by atoms with Gasteiger partial charge in [-0.25, -0.2) is 0 Å². The van der Waals surface area contributed by atoms with Gasteiger partial charge in [0.25, 0.3) is 5.91 Å². The Bertz CT molecular complexity index is 1390. The van der Waals surface area contributed by atoms with Crippen molar-refractivity contribution in [2.75, 3.05) is 24.7 Å². The maximum absolute atomic E-state index is 13.8. The first-order valence-corrected chi connectivity index (χ1v) is 14.2. The van der Waals surface area contributed by atoms with Gasteiger partial charge in [0.05, 0.1) is 19.9 Å². The Hall–Kier alpha value is -4.14. The molecule has 8 heteroatoms. The summed E-state index contributed by atoms with van der Waals surface area (Å²) in [7, 11) is 0. The van der Waals surface area contributed by atoms with E-state index >= 15 is 0 Å². The van der Waals surface area contributed by atoms with Crippen molar-refractivity contribution in [3.63, 3.8) is 0 Å². The summed E-state index contributed by atoms with van der Waals surface area (Å²) >= 11 is 0. The van der Waals surface area contributed by atoms with Gasteiger partial charge >= 0.3 is 0 Å². The normalized spacial score (nSPS) is 21.8. The van der Waals surface area contributed by atoms with Crippen molar-refractivity contribution in [2.45, 2.75) is 50.2 Å². The van der Waals surface area contributed by atoms with Crippen molar-refractivity contribution in [1.82, 2.24) is 10.2 Å². The van der Waals surface area contributed by atoms with Crippen molar-refractivity contribution < 1.29 is 24.2 Å². The van der Waals surface area contributed by atoms with E-state index in [1.54, 1.807) is 4.90 Å². The van der Waals surface area contributed by atoms with E-state index in [9.17, 15) is 14.7 Å². The molecule has 212 valence electrons. The molecule has 2 atom stereocenters. The smallest absolute Gasteiger partial charge is 0.288 e.